The van der Waals surface area contributed by atoms with Crippen LogP contribution in [0.4, 0.5) is 0 Å². The zero-order valence-corrected chi connectivity index (χ0v) is 35.3. The summed E-state index contributed by atoms with van der Waals surface area (Å²) in [5.41, 5.74) is 15.7. The lowest BCUT2D eigenvalue weighted by Crippen LogP contribution is -2.01. The van der Waals surface area contributed by atoms with Gasteiger partial charge in [-0.1, -0.05) is 200 Å². The van der Waals surface area contributed by atoms with E-state index in [0.29, 0.717) is 17.5 Å². The van der Waals surface area contributed by atoms with Crippen LogP contribution >= 0.6 is 0 Å². The Morgan fingerprint density at radius 3 is 1.37 bits per heavy atom. The van der Waals surface area contributed by atoms with E-state index >= 15 is 0 Å². The fraction of sp³-hybridized carbons (Fsp3) is 0. The molecule has 0 aliphatic carbocycles. The molecule has 0 unspecified atom stereocenters. The van der Waals surface area contributed by atoms with Crippen LogP contribution in [-0.2, 0) is 0 Å². The molecule has 10 aromatic carbocycles. The molecule has 0 amide bonds. The highest BCUT2D eigenvalue weighted by molar-refractivity contribution is 6.13. The Morgan fingerprint density at radius 1 is 0.246 bits per heavy atom. The summed E-state index contributed by atoms with van der Waals surface area (Å²) in [5.74, 6) is 1.75. The monoisotopic (exact) mass is 829 g/mol. The van der Waals surface area contributed by atoms with Crippen molar-refractivity contribution in [1.82, 2.24) is 15.0 Å². The van der Waals surface area contributed by atoms with Crippen LogP contribution in [0.5, 0.6) is 0 Å². The van der Waals surface area contributed by atoms with Gasteiger partial charge in [0.05, 0.1) is 0 Å². The van der Waals surface area contributed by atoms with Crippen molar-refractivity contribution in [3.63, 3.8) is 0 Å². The predicted molar refractivity (Wildman–Crippen MR) is 268 cm³/mol. The topological polar surface area (TPSA) is 51.8 Å². The molecule has 0 aliphatic rings. The van der Waals surface area contributed by atoms with Crippen molar-refractivity contribution in [2.24, 2.45) is 0 Å². The van der Waals surface area contributed by atoms with Gasteiger partial charge in [0.1, 0.15) is 11.2 Å². The molecule has 0 atom stereocenters. The summed E-state index contributed by atoms with van der Waals surface area (Å²) < 4.78 is 6.57. The fourth-order valence-electron chi connectivity index (χ4n) is 9.16. The molecule has 12 aromatic rings. The lowest BCUT2D eigenvalue weighted by molar-refractivity contribution is 0.669. The first kappa shape index (κ1) is 38.0. The van der Waals surface area contributed by atoms with Gasteiger partial charge in [-0.2, -0.15) is 0 Å². The largest absolute Gasteiger partial charge is 0.456 e. The zero-order chi connectivity index (χ0) is 43.1. The molecule has 0 fully saturated rings. The van der Waals surface area contributed by atoms with Crippen LogP contribution in [0, 0.1) is 0 Å². The van der Waals surface area contributed by atoms with E-state index in [1.165, 1.54) is 33.0 Å². The molecule has 0 saturated heterocycles. The maximum absolute atomic E-state index is 6.57. The second kappa shape index (κ2) is 16.2. The van der Waals surface area contributed by atoms with Crippen molar-refractivity contribution < 1.29 is 4.42 Å². The normalized spacial score (nSPS) is 11.4. The van der Waals surface area contributed by atoms with E-state index in [2.05, 4.69) is 212 Å². The molecule has 65 heavy (non-hydrogen) atoms. The number of nitrogens with zero attached hydrogens (tertiary/aromatic N) is 3. The summed E-state index contributed by atoms with van der Waals surface area (Å²) in [5, 5.41) is 4.50. The lowest BCUT2D eigenvalue weighted by atomic mass is 9.92. The molecule has 0 radical (unpaired) electrons. The number of aromatic nitrogens is 3. The minimum absolute atomic E-state index is 0.568. The molecule has 12 rings (SSSR count). The van der Waals surface area contributed by atoms with Crippen LogP contribution in [0.25, 0.3) is 123 Å². The van der Waals surface area contributed by atoms with E-state index in [9.17, 15) is 0 Å². The number of hydrogen-bond donors (Lipinski definition) is 0. The summed E-state index contributed by atoms with van der Waals surface area (Å²) in [6.45, 7) is 0. The highest BCUT2D eigenvalue weighted by Crippen LogP contribution is 2.40. The molecule has 0 bridgehead atoms. The molecule has 0 saturated carbocycles. The molecule has 0 N–H and O–H groups in total. The first-order valence-corrected chi connectivity index (χ1v) is 21.9. The smallest absolute Gasteiger partial charge is 0.164 e. The summed E-state index contributed by atoms with van der Waals surface area (Å²) in [6, 6.07) is 83.0. The maximum atomic E-state index is 6.57. The number of benzene rings is 10. The summed E-state index contributed by atoms with van der Waals surface area (Å²) >= 11 is 0. The third kappa shape index (κ3) is 7.13. The average Bonchev–Trinajstić information content (AvgIpc) is 3.77. The highest BCUT2D eigenvalue weighted by atomic mass is 16.3. The fourth-order valence-corrected chi connectivity index (χ4v) is 9.16. The minimum atomic E-state index is 0.568. The minimum Gasteiger partial charge on any atom is -0.456 e. The number of hydrogen-bond acceptors (Lipinski definition) is 4. The Balaban J connectivity index is 0.976. The van der Waals surface area contributed by atoms with Crippen molar-refractivity contribution >= 4 is 32.7 Å². The molecule has 2 heterocycles. The van der Waals surface area contributed by atoms with Crippen LogP contribution in [0.2, 0.25) is 0 Å². The zero-order valence-electron chi connectivity index (χ0n) is 35.3. The van der Waals surface area contributed by atoms with E-state index in [1.807, 2.05) is 24.3 Å². The maximum Gasteiger partial charge on any atom is 0.164 e. The van der Waals surface area contributed by atoms with Gasteiger partial charge >= 0.3 is 0 Å². The Hall–Kier alpha value is -8.73. The van der Waals surface area contributed by atoms with Gasteiger partial charge < -0.3 is 4.42 Å². The lowest BCUT2D eigenvalue weighted by Gasteiger charge is -2.13. The van der Waals surface area contributed by atoms with Crippen molar-refractivity contribution in [2.75, 3.05) is 0 Å². The Labute approximate surface area is 376 Å². The predicted octanol–water partition coefficient (Wildman–Crippen LogP) is 16.3. The van der Waals surface area contributed by atoms with Gasteiger partial charge in [0, 0.05) is 27.5 Å². The Bertz CT molecular complexity index is 3710. The van der Waals surface area contributed by atoms with Gasteiger partial charge in [-0.05, 0) is 103 Å². The number of fused-ring (bicyclic) bond motifs is 4. The van der Waals surface area contributed by atoms with E-state index in [4.69, 9.17) is 19.4 Å². The van der Waals surface area contributed by atoms with Gasteiger partial charge in [0.2, 0.25) is 0 Å². The Morgan fingerprint density at radius 2 is 0.692 bits per heavy atom. The SMILES string of the molecule is c1ccc(-c2ccccc2-c2ccc3ccc(-c4cccc(-c5nc(-c6ccc7c(c6)oc6cccc(-c8ccccc8)c67)nc(-c6ccccc6-c6ccccc6)n5)c4)cc3c2)cc1. The number of rotatable bonds is 8. The van der Waals surface area contributed by atoms with E-state index in [1.54, 1.807) is 0 Å². The van der Waals surface area contributed by atoms with Crippen LogP contribution < -0.4 is 0 Å². The molecule has 304 valence electrons. The van der Waals surface area contributed by atoms with Crippen LogP contribution in [0.15, 0.2) is 241 Å². The standard InChI is InChI=1S/C61H39N3O/c1-4-16-41(17-5-1)50-24-10-11-26-52(50)46-33-31-40-30-32-45(37-49(40)38-46)44-22-14-23-47(36-44)59-62-60(64-61(63-59)54-27-13-12-25-51(54)42-18-6-2-7-19-42)48-34-35-55-57(39-48)65-56-29-15-28-53(58(55)56)43-20-8-3-9-21-43/h1-39H. The molecular weight excluding hydrogens is 791 g/mol. The average molecular weight is 830 g/mol. The molecule has 4 heteroatoms. The van der Waals surface area contributed by atoms with Crippen LogP contribution in [0.1, 0.15) is 0 Å². The third-order valence-electron chi connectivity index (χ3n) is 12.3. The van der Waals surface area contributed by atoms with Crippen molar-refractivity contribution in [3.05, 3.63) is 237 Å². The second-order valence-corrected chi connectivity index (χ2v) is 16.3. The molecule has 4 nitrogen and oxygen atoms in total. The molecular formula is C61H39N3O. The van der Waals surface area contributed by atoms with Crippen molar-refractivity contribution in [3.8, 4) is 89.8 Å². The third-order valence-corrected chi connectivity index (χ3v) is 12.3. The molecule has 0 spiro atoms. The summed E-state index contributed by atoms with van der Waals surface area (Å²) in [7, 11) is 0. The Kier molecular flexibility index (Phi) is 9.46. The van der Waals surface area contributed by atoms with Gasteiger partial charge in [-0.25, -0.2) is 15.0 Å². The van der Waals surface area contributed by atoms with Gasteiger partial charge in [0.25, 0.3) is 0 Å². The second-order valence-electron chi connectivity index (χ2n) is 16.3. The van der Waals surface area contributed by atoms with Crippen molar-refractivity contribution in [1.29, 1.82) is 0 Å². The van der Waals surface area contributed by atoms with E-state index < -0.39 is 0 Å². The van der Waals surface area contributed by atoms with Crippen LogP contribution in [0.3, 0.4) is 0 Å². The summed E-state index contributed by atoms with van der Waals surface area (Å²) in [6.07, 6.45) is 0. The van der Waals surface area contributed by atoms with E-state index in [0.717, 1.165) is 72.0 Å². The first-order chi connectivity index (χ1) is 32.2. The molecule has 2 aromatic heterocycles. The quantitative estimate of drug-likeness (QED) is 0.153. The van der Waals surface area contributed by atoms with Gasteiger partial charge in [-0.3, -0.25) is 0 Å². The van der Waals surface area contributed by atoms with Gasteiger partial charge in [-0.15, -0.1) is 0 Å². The first-order valence-electron chi connectivity index (χ1n) is 21.9. The van der Waals surface area contributed by atoms with Gasteiger partial charge in [0.15, 0.2) is 17.5 Å². The van der Waals surface area contributed by atoms with Crippen molar-refractivity contribution in [2.45, 2.75) is 0 Å². The molecule has 0 aliphatic heterocycles. The summed E-state index contributed by atoms with van der Waals surface area (Å²) in [4.78, 5) is 15.7. The van der Waals surface area contributed by atoms with Crippen LogP contribution in [-0.4, -0.2) is 15.0 Å². The number of furan rings is 1. The highest BCUT2D eigenvalue weighted by Gasteiger charge is 2.19. The van der Waals surface area contributed by atoms with E-state index in [-0.39, 0.29) is 0 Å².